The predicted octanol–water partition coefficient (Wildman–Crippen LogP) is 2.24. The minimum atomic E-state index is 0.0179. The van der Waals surface area contributed by atoms with Crippen LogP contribution in [-0.4, -0.2) is 58.3 Å². The van der Waals surface area contributed by atoms with E-state index in [1.54, 1.807) is 6.92 Å². The van der Waals surface area contributed by atoms with Gasteiger partial charge >= 0.3 is 0 Å². The number of amides is 1. The highest BCUT2D eigenvalue weighted by Gasteiger charge is 2.60. The van der Waals surface area contributed by atoms with Gasteiger partial charge in [0, 0.05) is 44.4 Å². The largest absolute Gasteiger partial charge is 0.396 e. The van der Waals surface area contributed by atoms with E-state index in [0.717, 1.165) is 38.0 Å². The van der Waals surface area contributed by atoms with Gasteiger partial charge in [-0.2, -0.15) is 0 Å². The van der Waals surface area contributed by atoms with Crippen LogP contribution in [0.2, 0.25) is 0 Å². The quantitative estimate of drug-likeness (QED) is 0.541. The maximum Gasteiger partial charge on any atom is 0.220 e. The van der Waals surface area contributed by atoms with Crippen molar-refractivity contribution < 1.29 is 9.90 Å². The fourth-order valence-electron chi connectivity index (χ4n) is 6.35. The van der Waals surface area contributed by atoms with Gasteiger partial charge in [0.1, 0.15) is 0 Å². The Kier molecular flexibility index (Phi) is 5.22. The maximum atomic E-state index is 11.5. The number of aliphatic hydroxyl groups excluding tert-OH is 1. The highest BCUT2D eigenvalue weighted by atomic mass is 16.2. The number of nitrogens with one attached hydrogen (secondary N) is 1. The van der Waals surface area contributed by atoms with E-state index in [2.05, 4.69) is 27.8 Å². The molecular weight excluding hydrogens is 326 g/mol. The summed E-state index contributed by atoms with van der Waals surface area (Å²) in [5.74, 6) is 1.43. The van der Waals surface area contributed by atoms with Crippen LogP contribution in [0.3, 0.4) is 0 Å². The van der Waals surface area contributed by atoms with Gasteiger partial charge < -0.3 is 10.4 Å². The first kappa shape index (κ1) is 18.2. The molecule has 0 spiro atoms. The number of piperidine rings is 3. The zero-order valence-corrected chi connectivity index (χ0v) is 15.9. The van der Waals surface area contributed by atoms with Gasteiger partial charge in [0.25, 0.3) is 0 Å². The van der Waals surface area contributed by atoms with E-state index in [1.807, 2.05) is 6.20 Å². The van der Waals surface area contributed by atoms with E-state index in [-0.39, 0.29) is 5.91 Å². The van der Waals surface area contributed by atoms with E-state index in [0.29, 0.717) is 36.8 Å². The molecule has 5 heteroatoms. The van der Waals surface area contributed by atoms with Crippen molar-refractivity contribution in [2.45, 2.75) is 76.2 Å². The van der Waals surface area contributed by atoms with Crippen molar-refractivity contribution in [1.29, 1.82) is 0 Å². The summed E-state index contributed by atoms with van der Waals surface area (Å²) in [5, 5.41) is 12.1. The average Bonchev–Trinajstić information content (AvgIpc) is 2.63. The number of carbonyl (C=O) groups is 1. The summed E-state index contributed by atoms with van der Waals surface area (Å²) in [6.45, 7) is 7.13. The first-order chi connectivity index (χ1) is 12.7. The zero-order chi connectivity index (χ0) is 18.3. The molecule has 0 aliphatic carbocycles. The maximum absolute atomic E-state index is 11.5. The van der Waals surface area contributed by atoms with Gasteiger partial charge in [0.05, 0.1) is 6.17 Å². The van der Waals surface area contributed by atoms with Gasteiger partial charge in [0.15, 0.2) is 0 Å². The molecular formula is C21H33N3O2. The normalized spacial score (nSPS) is 44.3. The minimum absolute atomic E-state index is 0.0179. The van der Waals surface area contributed by atoms with E-state index in [9.17, 15) is 9.90 Å². The zero-order valence-electron chi connectivity index (χ0n) is 15.9. The molecule has 2 unspecified atom stereocenters. The number of hydrogen-bond acceptors (Lipinski definition) is 4. The molecule has 5 aliphatic rings. The lowest BCUT2D eigenvalue weighted by atomic mass is 9.62. The molecule has 0 aromatic rings. The molecule has 0 aromatic carbocycles. The fraction of sp³-hybridized carbons (Fsp3) is 0.762. The standard InChI is InChI=1S/C21H33N3O2/c1-3-6-19-17-11-16-13-23(19)20-9-8-15(12-22-14(2)26)21(17)24(20)18(16)7-4-5-10-25/h3,12,16-21,25H,1,4-11,13H2,2H3,(H,22,26)/b15-12+/t16-,17-,18+,19-,20-,21-/m0/s1. The summed E-state index contributed by atoms with van der Waals surface area (Å²) in [6.07, 6.45) is 12.5. The Labute approximate surface area is 157 Å². The summed E-state index contributed by atoms with van der Waals surface area (Å²) in [6, 6.07) is 1.71. The third kappa shape index (κ3) is 2.94. The van der Waals surface area contributed by atoms with Crippen molar-refractivity contribution >= 4 is 5.91 Å². The molecule has 2 N–H and O–H groups in total. The number of hydrogen-bond donors (Lipinski definition) is 2. The van der Waals surface area contributed by atoms with Crippen LogP contribution in [0.15, 0.2) is 24.4 Å². The molecule has 26 heavy (non-hydrogen) atoms. The number of carbonyl (C=O) groups excluding carboxylic acids is 1. The van der Waals surface area contributed by atoms with Gasteiger partial charge in [-0.1, -0.05) is 6.08 Å². The van der Waals surface area contributed by atoms with E-state index >= 15 is 0 Å². The number of rotatable bonds is 7. The summed E-state index contributed by atoms with van der Waals surface area (Å²) in [5.41, 5.74) is 1.42. The van der Waals surface area contributed by atoms with E-state index in [4.69, 9.17) is 0 Å². The molecule has 5 saturated heterocycles. The molecule has 5 fully saturated rings. The van der Waals surface area contributed by atoms with Crippen molar-refractivity contribution in [1.82, 2.24) is 15.1 Å². The predicted molar refractivity (Wildman–Crippen MR) is 102 cm³/mol. The summed E-state index contributed by atoms with van der Waals surface area (Å²) in [4.78, 5) is 17.0. The Morgan fingerprint density at radius 1 is 1.38 bits per heavy atom. The number of unbranched alkanes of at least 4 members (excludes halogenated alkanes) is 1. The summed E-state index contributed by atoms with van der Waals surface area (Å²) >= 11 is 0. The first-order valence-electron chi connectivity index (χ1n) is 10.4. The molecule has 5 nitrogen and oxygen atoms in total. The van der Waals surface area contributed by atoms with E-state index in [1.165, 1.54) is 25.0 Å². The second-order valence-electron chi connectivity index (χ2n) is 8.57. The Morgan fingerprint density at radius 3 is 2.96 bits per heavy atom. The average molecular weight is 360 g/mol. The minimum Gasteiger partial charge on any atom is -0.396 e. The van der Waals surface area contributed by atoms with Gasteiger partial charge in [0.2, 0.25) is 5.91 Å². The van der Waals surface area contributed by atoms with Gasteiger partial charge in [-0.3, -0.25) is 14.6 Å². The van der Waals surface area contributed by atoms with Crippen molar-refractivity contribution in [2.75, 3.05) is 13.2 Å². The highest BCUT2D eigenvalue weighted by Crippen LogP contribution is 2.54. The van der Waals surface area contributed by atoms with Crippen LogP contribution >= 0.6 is 0 Å². The summed E-state index contributed by atoms with van der Waals surface area (Å²) in [7, 11) is 0. The molecule has 5 heterocycles. The van der Waals surface area contributed by atoms with Crippen molar-refractivity contribution in [2.24, 2.45) is 11.8 Å². The smallest absolute Gasteiger partial charge is 0.220 e. The Balaban J connectivity index is 1.63. The van der Waals surface area contributed by atoms with Gasteiger partial charge in [-0.15, -0.1) is 6.58 Å². The SMILES string of the molecule is C=CC[C@H]1[C@@H]2C[C@H]3CN1[C@@H]1CC/C(=C\NC(C)=O)[C@@H]2N1[C@@H]3CCCCO. The summed E-state index contributed by atoms with van der Waals surface area (Å²) < 4.78 is 0. The van der Waals surface area contributed by atoms with Crippen molar-refractivity contribution in [3.8, 4) is 0 Å². The Bertz CT molecular complexity index is 590. The second kappa shape index (κ2) is 7.45. The van der Waals surface area contributed by atoms with Crippen LogP contribution < -0.4 is 5.32 Å². The first-order valence-corrected chi connectivity index (χ1v) is 10.4. The van der Waals surface area contributed by atoms with Crippen LogP contribution in [0.5, 0.6) is 0 Å². The molecule has 1 amide bonds. The lowest BCUT2D eigenvalue weighted by Gasteiger charge is -2.70. The van der Waals surface area contributed by atoms with Gasteiger partial charge in [-0.05, 0) is 62.4 Å². The number of nitrogens with zero attached hydrogens (tertiary/aromatic N) is 2. The molecule has 144 valence electrons. The number of aliphatic hydroxyl groups is 1. The van der Waals surface area contributed by atoms with Crippen LogP contribution in [-0.2, 0) is 4.79 Å². The van der Waals surface area contributed by atoms with Crippen LogP contribution in [0, 0.1) is 11.8 Å². The fourth-order valence-corrected chi connectivity index (χ4v) is 6.35. The lowest BCUT2D eigenvalue weighted by Crippen LogP contribution is -2.79. The molecule has 5 aliphatic heterocycles. The Morgan fingerprint density at radius 2 is 2.23 bits per heavy atom. The van der Waals surface area contributed by atoms with Crippen LogP contribution in [0.25, 0.3) is 0 Å². The van der Waals surface area contributed by atoms with Crippen LogP contribution in [0.1, 0.15) is 51.9 Å². The highest BCUT2D eigenvalue weighted by molar-refractivity contribution is 5.74. The second-order valence-corrected chi connectivity index (χ2v) is 8.57. The topological polar surface area (TPSA) is 55.8 Å². The molecule has 6 bridgehead atoms. The van der Waals surface area contributed by atoms with Crippen LogP contribution in [0.4, 0.5) is 0 Å². The Hall–Kier alpha value is -1.17. The molecule has 8 atom stereocenters. The van der Waals surface area contributed by atoms with Gasteiger partial charge in [-0.25, -0.2) is 0 Å². The van der Waals surface area contributed by atoms with Crippen molar-refractivity contribution in [3.63, 3.8) is 0 Å². The van der Waals surface area contributed by atoms with Crippen molar-refractivity contribution in [3.05, 3.63) is 24.4 Å². The molecule has 0 radical (unpaired) electrons. The third-order valence-electron chi connectivity index (χ3n) is 7.17. The molecule has 5 rings (SSSR count). The van der Waals surface area contributed by atoms with E-state index < -0.39 is 0 Å². The molecule has 0 saturated carbocycles. The monoisotopic (exact) mass is 359 g/mol. The third-order valence-corrected chi connectivity index (χ3v) is 7.17. The lowest BCUT2D eigenvalue weighted by molar-refractivity contribution is -0.220. The molecule has 0 aromatic heterocycles.